The second kappa shape index (κ2) is 6.04. The van der Waals surface area contributed by atoms with Gasteiger partial charge in [0.25, 0.3) is 0 Å². The highest BCUT2D eigenvalue weighted by Gasteiger charge is 2.15. The van der Waals surface area contributed by atoms with Gasteiger partial charge in [0.15, 0.2) is 0 Å². The van der Waals surface area contributed by atoms with Gasteiger partial charge in [-0.1, -0.05) is 0 Å². The van der Waals surface area contributed by atoms with Crippen LogP contribution >= 0.6 is 31.9 Å². The van der Waals surface area contributed by atoms with Crippen molar-refractivity contribution in [1.82, 2.24) is 0 Å². The summed E-state index contributed by atoms with van der Waals surface area (Å²) in [6.45, 7) is 5.70. The summed E-state index contributed by atoms with van der Waals surface area (Å²) in [5, 5.41) is 2.77. The zero-order valence-electron chi connectivity index (χ0n) is 10.5. The first-order valence-electron chi connectivity index (χ1n) is 5.37. The minimum Gasteiger partial charge on any atom is -0.399 e. The number of benzene rings is 1. The van der Waals surface area contributed by atoms with E-state index in [-0.39, 0.29) is 18.1 Å². The summed E-state index contributed by atoms with van der Waals surface area (Å²) in [7, 11) is 0. The molecule has 0 fully saturated rings. The van der Waals surface area contributed by atoms with Crippen LogP contribution in [0.1, 0.15) is 20.8 Å². The van der Waals surface area contributed by atoms with Crippen LogP contribution in [0.5, 0.6) is 0 Å². The summed E-state index contributed by atoms with van der Waals surface area (Å²) < 4.78 is 6.84. The number of rotatable bonds is 3. The molecule has 1 amide bonds. The van der Waals surface area contributed by atoms with E-state index >= 15 is 0 Å². The fourth-order valence-electron chi connectivity index (χ4n) is 1.17. The number of nitrogen functional groups attached to an aromatic ring is 1. The molecule has 4 nitrogen and oxygen atoms in total. The normalized spacial score (nSPS) is 11.4. The van der Waals surface area contributed by atoms with Crippen molar-refractivity contribution in [3.05, 3.63) is 21.1 Å². The topological polar surface area (TPSA) is 64.3 Å². The van der Waals surface area contributed by atoms with Gasteiger partial charge in [0.05, 0.1) is 11.3 Å². The molecule has 0 saturated heterocycles. The Morgan fingerprint density at radius 3 is 2.28 bits per heavy atom. The predicted octanol–water partition coefficient (Wildman–Crippen LogP) is 3.55. The highest BCUT2D eigenvalue weighted by atomic mass is 79.9. The highest BCUT2D eigenvalue weighted by Crippen LogP contribution is 2.33. The molecule has 0 unspecified atom stereocenters. The summed E-state index contributed by atoms with van der Waals surface area (Å²) in [6.07, 6.45) is 0. The van der Waals surface area contributed by atoms with E-state index in [0.29, 0.717) is 11.4 Å². The van der Waals surface area contributed by atoms with Crippen LogP contribution in [0.25, 0.3) is 0 Å². The van der Waals surface area contributed by atoms with Crippen molar-refractivity contribution in [2.45, 2.75) is 26.4 Å². The molecule has 0 aliphatic rings. The number of anilines is 2. The maximum atomic E-state index is 11.7. The predicted molar refractivity (Wildman–Crippen MR) is 80.6 cm³/mol. The van der Waals surface area contributed by atoms with Crippen molar-refractivity contribution in [1.29, 1.82) is 0 Å². The number of halogens is 2. The van der Waals surface area contributed by atoms with Gasteiger partial charge in [0.1, 0.15) is 6.61 Å². The third-order valence-electron chi connectivity index (χ3n) is 1.97. The van der Waals surface area contributed by atoms with Crippen LogP contribution in [0.3, 0.4) is 0 Å². The van der Waals surface area contributed by atoms with Crippen molar-refractivity contribution in [3.8, 4) is 0 Å². The Labute approximate surface area is 124 Å². The van der Waals surface area contributed by atoms with Crippen LogP contribution in [0.4, 0.5) is 11.4 Å². The standard InChI is InChI=1S/C12H16Br2N2O2/c1-12(2,3)18-6-10(17)16-11-8(13)4-7(15)5-9(11)14/h4-5H,6,15H2,1-3H3,(H,16,17). The Kier molecular flexibility index (Phi) is 5.19. The highest BCUT2D eigenvalue weighted by molar-refractivity contribution is 9.11. The molecule has 0 aliphatic carbocycles. The molecular formula is C12H16Br2N2O2. The number of carbonyl (C=O) groups excluding carboxylic acids is 1. The Bertz CT molecular complexity index is 433. The second-order valence-electron chi connectivity index (χ2n) is 4.81. The molecule has 100 valence electrons. The smallest absolute Gasteiger partial charge is 0.250 e. The summed E-state index contributed by atoms with van der Waals surface area (Å²) in [5.41, 5.74) is 6.59. The number of nitrogens with two attached hydrogens (primary N) is 1. The number of hydrogen-bond donors (Lipinski definition) is 2. The quantitative estimate of drug-likeness (QED) is 0.789. The van der Waals surface area contributed by atoms with Gasteiger partial charge in [0.2, 0.25) is 5.91 Å². The lowest BCUT2D eigenvalue weighted by Crippen LogP contribution is -2.27. The van der Waals surface area contributed by atoms with Gasteiger partial charge in [-0.25, -0.2) is 0 Å². The third-order valence-corrected chi connectivity index (χ3v) is 3.22. The molecule has 0 aromatic heterocycles. The monoisotopic (exact) mass is 378 g/mol. The zero-order valence-corrected chi connectivity index (χ0v) is 13.7. The molecule has 0 radical (unpaired) electrons. The Morgan fingerprint density at radius 2 is 1.83 bits per heavy atom. The maximum Gasteiger partial charge on any atom is 0.250 e. The van der Waals surface area contributed by atoms with Crippen molar-refractivity contribution in [2.24, 2.45) is 0 Å². The van der Waals surface area contributed by atoms with E-state index in [4.69, 9.17) is 10.5 Å². The first-order chi connectivity index (χ1) is 8.19. The number of amides is 1. The van der Waals surface area contributed by atoms with Crippen molar-refractivity contribution in [3.63, 3.8) is 0 Å². The van der Waals surface area contributed by atoms with E-state index in [1.807, 2.05) is 20.8 Å². The van der Waals surface area contributed by atoms with Crippen molar-refractivity contribution >= 4 is 49.1 Å². The van der Waals surface area contributed by atoms with E-state index in [0.717, 1.165) is 8.95 Å². The molecule has 0 spiro atoms. The minimum absolute atomic E-state index is 0.00670. The number of carbonyl (C=O) groups is 1. The van der Waals surface area contributed by atoms with Crippen LogP contribution in [0, 0.1) is 0 Å². The third kappa shape index (κ3) is 4.96. The summed E-state index contributed by atoms with van der Waals surface area (Å²) >= 11 is 6.70. The summed E-state index contributed by atoms with van der Waals surface area (Å²) in [6, 6.07) is 3.45. The SMILES string of the molecule is CC(C)(C)OCC(=O)Nc1c(Br)cc(N)cc1Br. The van der Waals surface area contributed by atoms with E-state index in [1.54, 1.807) is 12.1 Å². The molecule has 1 aromatic carbocycles. The van der Waals surface area contributed by atoms with Gasteiger partial charge in [0, 0.05) is 14.6 Å². The van der Waals surface area contributed by atoms with Crippen LogP contribution < -0.4 is 11.1 Å². The molecule has 0 bridgehead atoms. The molecule has 0 atom stereocenters. The maximum absolute atomic E-state index is 11.7. The molecule has 0 heterocycles. The first kappa shape index (κ1) is 15.5. The first-order valence-corrected chi connectivity index (χ1v) is 6.96. The van der Waals surface area contributed by atoms with Gasteiger partial charge in [-0.05, 0) is 64.8 Å². The van der Waals surface area contributed by atoms with Gasteiger partial charge >= 0.3 is 0 Å². The lowest BCUT2D eigenvalue weighted by molar-refractivity contribution is -0.125. The molecule has 3 N–H and O–H groups in total. The molecular weight excluding hydrogens is 364 g/mol. The van der Waals surface area contributed by atoms with E-state index in [1.165, 1.54) is 0 Å². The molecule has 0 saturated carbocycles. The second-order valence-corrected chi connectivity index (χ2v) is 6.52. The minimum atomic E-state index is -0.340. The van der Waals surface area contributed by atoms with Gasteiger partial charge in [-0.15, -0.1) is 0 Å². The molecule has 0 aliphatic heterocycles. The number of nitrogens with one attached hydrogen (secondary N) is 1. The van der Waals surface area contributed by atoms with Crippen LogP contribution in [0.15, 0.2) is 21.1 Å². The van der Waals surface area contributed by atoms with E-state index in [9.17, 15) is 4.79 Å². The Balaban J connectivity index is 2.71. The lowest BCUT2D eigenvalue weighted by Gasteiger charge is -2.19. The summed E-state index contributed by atoms with van der Waals surface area (Å²) in [5.74, 6) is -0.212. The Morgan fingerprint density at radius 1 is 1.33 bits per heavy atom. The van der Waals surface area contributed by atoms with E-state index < -0.39 is 0 Å². The average Bonchev–Trinajstić information content (AvgIpc) is 2.19. The fourth-order valence-corrected chi connectivity index (χ4v) is 2.59. The van der Waals surface area contributed by atoms with Crippen molar-refractivity contribution in [2.75, 3.05) is 17.7 Å². The lowest BCUT2D eigenvalue weighted by atomic mass is 10.2. The van der Waals surface area contributed by atoms with Crippen LogP contribution in [-0.2, 0) is 9.53 Å². The Hall–Kier alpha value is -0.590. The molecule has 18 heavy (non-hydrogen) atoms. The van der Waals surface area contributed by atoms with Crippen molar-refractivity contribution < 1.29 is 9.53 Å². The number of ether oxygens (including phenoxy) is 1. The largest absolute Gasteiger partial charge is 0.399 e. The van der Waals surface area contributed by atoms with Gasteiger partial charge in [-0.2, -0.15) is 0 Å². The van der Waals surface area contributed by atoms with Crippen LogP contribution in [0.2, 0.25) is 0 Å². The molecule has 1 aromatic rings. The number of hydrogen-bond acceptors (Lipinski definition) is 3. The molecule has 1 rings (SSSR count). The zero-order chi connectivity index (χ0) is 13.9. The van der Waals surface area contributed by atoms with E-state index in [2.05, 4.69) is 37.2 Å². The average molecular weight is 380 g/mol. The summed E-state index contributed by atoms with van der Waals surface area (Å²) in [4.78, 5) is 11.7. The fraction of sp³-hybridized carbons (Fsp3) is 0.417. The molecule has 6 heteroatoms. The van der Waals surface area contributed by atoms with Gasteiger partial charge < -0.3 is 15.8 Å². The van der Waals surface area contributed by atoms with Crippen LogP contribution in [-0.4, -0.2) is 18.1 Å². The van der Waals surface area contributed by atoms with Gasteiger partial charge in [-0.3, -0.25) is 4.79 Å².